The Balaban J connectivity index is 2.21. The molecule has 0 bridgehead atoms. The van der Waals surface area contributed by atoms with Gasteiger partial charge in [-0.3, -0.25) is 4.79 Å². The van der Waals surface area contributed by atoms with Crippen LogP contribution in [-0.2, 0) is 9.53 Å². The summed E-state index contributed by atoms with van der Waals surface area (Å²) in [5.74, 6) is -0.361. The van der Waals surface area contributed by atoms with Crippen LogP contribution in [0.1, 0.15) is 21.5 Å². The molecule has 0 fully saturated rings. The van der Waals surface area contributed by atoms with Crippen LogP contribution in [0.15, 0.2) is 27.1 Å². The fraction of sp³-hybridized carbons (Fsp3) is 0.300. The average Bonchev–Trinajstić information content (AvgIpc) is 2.68. The summed E-state index contributed by atoms with van der Waals surface area (Å²) in [7, 11) is 4.32. The lowest BCUT2D eigenvalue weighted by molar-refractivity contribution is -0.119. The van der Waals surface area contributed by atoms with Gasteiger partial charge in [-0.2, -0.15) is 0 Å². The zero-order chi connectivity index (χ0) is 21.7. The first-order chi connectivity index (χ1) is 13.7. The van der Waals surface area contributed by atoms with Gasteiger partial charge < -0.3 is 24.3 Å². The van der Waals surface area contributed by atoms with Crippen molar-refractivity contribution >= 4 is 49.4 Å². The number of anilines is 1. The molecule has 156 valence electrons. The zero-order valence-electron chi connectivity index (χ0n) is 16.6. The van der Waals surface area contributed by atoms with Crippen LogP contribution in [0.3, 0.4) is 0 Å². The Hall–Kier alpha value is -2.26. The van der Waals surface area contributed by atoms with E-state index in [1.165, 1.54) is 21.3 Å². The van der Waals surface area contributed by atoms with E-state index >= 15 is 0 Å². The highest BCUT2D eigenvalue weighted by molar-refractivity contribution is 9.11. The Morgan fingerprint density at radius 3 is 1.97 bits per heavy atom. The Kier molecular flexibility index (Phi) is 7.92. The highest BCUT2D eigenvalue weighted by Crippen LogP contribution is 2.50. The first kappa shape index (κ1) is 23.0. The summed E-state index contributed by atoms with van der Waals surface area (Å²) in [6.07, 6.45) is 0. The smallest absolute Gasteiger partial charge is 0.341 e. The van der Waals surface area contributed by atoms with E-state index in [4.69, 9.17) is 18.9 Å². The molecule has 1 N–H and O–H groups in total. The van der Waals surface area contributed by atoms with Gasteiger partial charge in [0.25, 0.3) is 5.91 Å². The van der Waals surface area contributed by atoms with E-state index in [0.29, 0.717) is 20.4 Å². The number of hydrogen-bond acceptors (Lipinski definition) is 6. The Morgan fingerprint density at radius 1 is 0.931 bits per heavy atom. The molecule has 2 rings (SSSR count). The molecule has 0 heterocycles. The first-order valence-electron chi connectivity index (χ1n) is 8.46. The molecule has 0 aromatic heterocycles. The lowest BCUT2D eigenvalue weighted by Gasteiger charge is -2.18. The normalized spacial score (nSPS) is 10.3. The standard InChI is InChI=1S/C20H21Br2NO6/c1-10-6-7-12(11(2)8-10)23-13(24)9-29-20(25)14-15(21)17(26-3)19(28-5)18(27-4)16(14)22/h6-8H,9H2,1-5H3,(H,23,24). The number of rotatable bonds is 7. The molecule has 2 aromatic carbocycles. The van der Waals surface area contributed by atoms with Crippen LogP contribution >= 0.6 is 31.9 Å². The first-order valence-corrected chi connectivity index (χ1v) is 10.0. The number of benzene rings is 2. The van der Waals surface area contributed by atoms with Crippen LogP contribution in [-0.4, -0.2) is 39.8 Å². The van der Waals surface area contributed by atoms with Crippen LogP contribution in [0.5, 0.6) is 17.2 Å². The van der Waals surface area contributed by atoms with E-state index in [9.17, 15) is 9.59 Å². The van der Waals surface area contributed by atoms with Crippen LogP contribution in [0.4, 0.5) is 5.69 Å². The third kappa shape index (κ3) is 5.02. The Labute approximate surface area is 185 Å². The molecule has 9 heteroatoms. The van der Waals surface area contributed by atoms with Gasteiger partial charge in [-0.15, -0.1) is 0 Å². The van der Waals surface area contributed by atoms with Crippen molar-refractivity contribution in [2.75, 3.05) is 33.3 Å². The van der Waals surface area contributed by atoms with Crippen LogP contribution < -0.4 is 19.5 Å². The monoisotopic (exact) mass is 529 g/mol. The van der Waals surface area contributed by atoms with Crippen molar-refractivity contribution in [1.29, 1.82) is 0 Å². The highest BCUT2D eigenvalue weighted by atomic mass is 79.9. The molecule has 1 amide bonds. The van der Waals surface area contributed by atoms with Gasteiger partial charge in [0.2, 0.25) is 5.75 Å². The van der Waals surface area contributed by atoms with E-state index in [0.717, 1.165) is 11.1 Å². The fourth-order valence-electron chi connectivity index (χ4n) is 2.70. The second kappa shape index (κ2) is 9.98. The molecule has 0 saturated carbocycles. The van der Waals surface area contributed by atoms with Crippen molar-refractivity contribution in [2.24, 2.45) is 0 Å². The summed E-state index contributed by atoms with van der Waals surface area (Å²) >= 11 is 6.67. The van der Waals surface area contributed by atoms with Crippen molar-refractivity contribution in [3.63, 3.8) is 0 Å². The largest absolute Gasteiger partial charge is 0.492 e. The number of hydrogen-bond donors (Lipinski definition) is 1. The molecule has 0 aliphatic rings. The van der Waals surface area contributed by atoms with Crippen molar-refractivity contribution in [2.45, 2.75) is 13.8 Å². The molecule has 0 unspecified atom stereocenters. The van der Waals surface area contributed by atoms with Crippen molar-refractivity contribution in [1.82, 2.24) is 0 Å². The van der Waals surface area contributed by atoms with E-state index in [-0.39, 0.29) is 17.1 Å². The average molecular weight is 531 g/mol. The fourth-order valence-corrected chi connectivity index (χ4v) is 4.37. The number of nitrogens with one attached hydrogen (secondary N) is 1. The number of halogens is 2. The number of carbonyl (C=O) groups is 2. The summed E-state index contributed by atoms with van der Waals surface area (Å²) < 4.78 is 21.8. The molecular weight excluding hydrogens is 510 g/mol. The predicted molar refractivity (Wildman–Crippen MR) is 116 cm³/mol. The Morgan fingerprint density at radius 2 is 1.48 bits per heavy atom. The molecule has 2 aromatic rings. The van der Waals surface area contributed by atoms with Crippen LogP contribution in [0, 0.1) is 13.8 Å². The summed E-state index contributed by atoms with van der Waals surface area (Å²) in [5.41, 5.74) is 2.77. The van der Waals surface area contributed by atoms with Gasteiger partial charge in [0.05, 0.1) is 35.8 Å². The number of methoxy groups -OCH3 is 3. The molecule has 0 atom stereocenters. The minimum Gasteiger partial charge on any atom is -0.492 e. The third-order valence-corrected chi connectivity index (χ3v) is 5.57. The number of amides is 1. The predicted octanol–water partition coefficient (Wildman–Crippen LogP) is 4.65. The number of esters is 1. The summed E-state index contributed by atoms with van der Waals surface area (Å²) in [6.45, 7) is 3.40. The van der Waals surface area contributed by atoms with E-state index in [2.05, 4.69) is 37.2 Å². The number of ether oxygens (including phenoxy) is 4. The van der Waals surface area contributed by atoms with Crippen molar-refractivity contribution in [3.05, 3.63) is 43.8 Å². The summed E-state index contributed by atoms with van der Waals surface area (Å²) in [5, 5.41) is 2.73. The lowest BCUT2D eigenvalue weighted by Crippen LogP contribution is -2.22. The maximum atomic E-state index is 12.7. The lowest BCUT2D eigenvalue weighted by atomic mass is 10.1. The van der Waals surface area contributed by atoms with Gasteiger partial charge >= 0.3 is 5.97 Å². The highest BCUT2D eigenvalue weighted by Gasteiger charge is 2.29. The molecule has 29 heavy (non-hydrogen) atoms. The zero-order valence-corrected chi connectivity index (χ0v) is 19.8. The maximum absolute atomic E-state index is 12.7. The van der Waals surface area contributed by atoms with E-state index in [1.54, 1.807) is 6.07 Å². The molecular formula is C20H21Br2NO6. The van der Waals surface area contributed by atoms with Gasteiger partial charge in [0, 0.05) is 5.69 Å². The second-order valence-corrected chi connectivity index (χ2v) is 7.63. The molecule has 0 radical (unpaired) electrons. The molecule has 0 saturated heterocycles. The van der Waals surface area contributed by atoms with Crippen LogP contribution in [0.25, 0.3) is 0 Å². The van der Waals surface area contributed by atoms with Gasteiger partial charge in [-0.05, 0) is 57.3 Å². The van der Waals surface area contributed by atoms with Crippen molar-refractivity contribution in [3.8, 4) is 17.2 Å². The van der Waals surface area contributed by atoms with Gasteiger partial charge in [0.15, 0.2) is 18.1 Å². The minimum absolute atomic E-state index is 0.110. The molecule has 0 aliphatic carbocycles. The van der Waals surface area contributed by atoms with E-state index in [1.807, 2.05) is 26.0 Å². The van der Waals surface area contributed by atoms with Gasteiger partial charge in [-0.25, -0.2) is 4.79 Å². The van der Waals surface area contributed by atoms with Crippen LogP contribution in [0.2, 0.25) is 0 Å². The van der Waals surface area contributed by atoms with Gasteiger partial charge in [0.1, 0.15) is 0 Å². The second-order valence-electron chi connectivity index (χ2n) is 6.05. The maximum Gasteiger partial charge on any atom is 0.341 e. The van der Waals surface area contributed by atoms with Gasteiger partial charge in [-0.1, -0.05) is 17.7 Å². The molecule has 7 nitrogen and oxygen atoms in total. The third-order valence-electron chi connectivity index (χ3n) is 4.06. The van der Waals surface area contributed by atoms with E-state index < -0.39 is 18.5 Å². The molecule has 0 spiro atoms. The Bertz CT molecular complexity index is 914. The minimum atomic E-state index is -0.737. The SMILES string of the molecule is COc1c(Br)c(C(=O)OCC(=O)Nc2ccc(C)cc2C)c(Br)c(OC)c1OC. The number of carbonyl (C=O) groups excluding carboxylic acids is 2. The topological polar surface area (TPSA) is 83.1 Å². The summed E-state index contributed by atoms with van der Waals surface area (Å²) in [4.78, 5) is 24.9. The number of aryl methyl sites for hydroxylation is 2. The summed E-state index contributed by atoms with van der Waals surface area (Å²) in [6, 6.07) is 5.64. The quantitative estimate of drug-likeness (QED) is 0.525. The van der Waals surface area contributed by atoms with Crippen molar-refractivity contribution < 1.29 is 28.5 Å². The molecule has 0 aliphatic heterocycles.